The molecule has 0 aliphatic rings. The van der Waals surface area contributed by atoms with E-state index in [1.165, 1.54) is 12.1 Å². The van der Waals surface area contributed by atoms with Crippen LogP contribution in [0.3, 0.4) is 0 Å². The Hall–Kier alpha value is -2.97. The normalized spacial score (nSPS) is 11.3. The Balaban J connectivity index is 1.46. The van der Waals surface area contributed by atoms with Crippen molar-refractivity contribution in [2.24, 2.45) is 0 Å². The lowest BCUT2D eigenvalue weighted by Gasteiger charge is -2.09. The van der Waals surface area contributed by atoms with Crippen molar-refractivity contribution in [1.82, 2.24) is 19.6 Å². The molecule has 0 unspecified atom stereocenters. The summed E-state index contributed by atoms with van der Waals surface area (Å²) in [6.45, 7) is 0.993. The van der Waals surface area contributed by atoms with Crippen LogP contribution in [0.2, 0.25) is 0 Å². The minimum Gasteiger partial charge on any atom is -0.351 e. The predicted molar refractivity (Wildman–Crippen MR) is 102 cm³/mol. The van der Waals surface area contributed by atoms with Gasteiger partial charge in [-0.2, -0.15) is 0 Å². The molecule has 0 saturated carbocycles. The minimum atomic E-state index is -3.56. The van der Waals surface area contributed by atoms with E-state index in [1.54, 1.807) is 42.9 Å². The van der Waals surface area contributed by atoms with Gasteiger partial charge >= 0.3 is 0 Å². The average molecular weight is 384 g/mol. The lowest BCUT2D eigenvalue weighted by Crippen LogP contribution is -2.34. The molecular formula is C19H20N4O3S. The first-order valence-electron chi connectivity index (χ1n) is 8.42. The number of nitrogens with one attached hydrogen (secondary N) is 2. The van der Waals surface area contributed by atoms with Crippen LogP contribution in [0.4, 0.5) is 0 Å². The summed E-state index contributed by atoms with van der Waals surface area (Å²) in [5, 5.41) is 2.71. The van der Waals surface area contributed by atoms with Crippen molar-refractivity contribution in [3.05, 3.63) is 84.4 Å². The van der Waals surface area contributed by atoms with Gasteiger partial charge < -0.3 is 9.88 Å². The Morgan fingerprint density at radius 1 is 1.00 bits per heavy atom. The molecule has 2 aromatic carbocycles. The second-order valence-electron chi connectivity index (χ2n) is 5.90. The number of nitrogens with zero attached hydrogens (tertiary/aromatic N) is 2. The lowest BCUT2D eigenvalue weighted by atomic mass is 10.1. The second kappa shape index (κ2) is 8.61. The van der Waals surface area contributed by atoms with Gasteiger partial charge in [-0.15, -0.1) is 0 Å². The van der Waals surface area contributed by atoms with Gasteiger partial charge in [0, 0.05) is 37.6 Å². The Bertz CT molecular complexity index is 970. The van der Waals surface area contributed by atoms with E-state index in [-0.39, 0.29) is 23.9 Å². The van der Waals surface area contributed by atoms with Crippen LogP contribution in [0.1, 0.15) is 15.9 Å². The highest BCUT2D eigenvalue weighted by Crippen LogP contribution is 2.07. The van der Waals surface area contributed by atoms with Gasteiger partial charge in [-0.05, 0) is 29.8 Å². The number of aromatic nitrogens is 2. The number of carbonyl (C=O) groups excluding carboxylic acids is 1. The molecule has 3 aromatic rings. The zero-order valence-corrected chi connectivity index (χ0v) is 15.4. The fourth-order valence-corrected chi connectivity index (χ4v) is 3.55. The highest BCUT2D eigenvalue weighted by Gasteiger charge is 2.12. The molecule has 1 aromatic heterocycles. The quantitative estimate of drug-likeness (QED) is 0.578. The molecule has 140 valence electrons. The van der Waals surface area contributed by atoms with Crippen molar-refractivity contribution >= 4 is 15.9 Å². The van der Waals surface area contributed by atoms with E-state index in [0.29, 0.717) is 12.1 Å². The van der Waals surface area contributed by atoms with E-state index >= 15 is 0 Å². The molecule has 0 saturated heterocycles. The maximum absolute atomic E-state index is 12.2. The number of hydrogen-bond donors (Lipinski definition) is 2. The fraction of sp³-hybridized carbons (Fsp3) is 0.158. The molecule has 3 rings (SSSR count). The average Bonchev–Trinajstić information content (AvgIpc) is 3.19. The van der Waals surface area contributed by atoms with Crippen molar-refractivity contribution in [3.8, 4) is 0 Å². The largest absolute Gasteiger partial charge is 0.351 e. The monoisotopic (exact) mass is 384 g/mol. The third-order valence-corrected chi connectivity index (χ3v) is 5.37. The SMILES string of the molecule is O=C(NCCNS(=O)(=O)c1ccccc1)c1ccc(Cn2ccnc2)cc1. The zero-order valence-electron chi connectivity index (χ0n) is 14.6. The second-order valence-corrected chi connectivity index (χ2v) is 7.67. The van der Waals surface area contributed by atoms with Crippen LogP contribution in [0.25, 0.3) is 0 Å². The van der Waals surface area contributed by atoms with Gasteiger partial charge in [-0.1, -0.05) is 30.3 Å². The van der Waals surface area contributed by atoms with E-state index in [0.717, 1.165) is 5.56 Å². The first-order chi connectivity index (χ1) is 13.0. The fourth-order valence-electron chi connectivity index (χ4n) is 2.50. The number of benzene rings is 2. The van der Waals surface area contributed by atoms with E-state index in [1.807, 2.05) is 22.9 Å². The van der Waals surface area contributed by atoms with E-state index in [2.05, 4.69) is 15.0 Å². The molecule has 0 fully saturated rings. The van der Waals surface area contributed by atoms with Crippen LogP contribution >= 0.6 is 0 Å². The zero-order chi connectivity index (χ0) is 19.1. The van der Waals surface area contributed by atoms with Gasteiger partial charge in [0.1, 0.15) is 0 Å². The van der Waals surface area contributed by atoms with E-state index in [9.17, 15) is 13.2 Å². The molecule has 7 nitrogen and oxygen atoms in total. The van der Waals surface area contributed by atoms with Crippen LogP contribution in [0.5, 0.6) is 0 Å². The molecule has 0 aliphatic heterocycles. The Morgan fingerprint density at radius 3 is 2.41 bits per heavy atom. The molecule has 0 spiro atoms. The van der Waals surface area contributed by atoms with Crippen molar-refractivity contribution < 1.29 is 13.2 Å². The molecule has 0 radical (unpaired) electrons. The van der Waals surface area contributed by atoms with Crippen LogP contribution in [0, 0.1) is 0 Å². The summed E-state index contributed by atoms with van der Waals surface area (Å²) < 4.78 is 28.6. The topological polar surface area (TPSA) is 93.1 Å². The Labute approximate surface area is 158 Å². The van der Waals surface area contributed by atoms with Crippen LogP contribution < -0.4 is 10.0 Å². The summed E-state index contributed by atoms with van der Waals surface area (Å²) >= 11 is 0. The smallest absolute Gasteiger partial charge is 0.251 e. The summed E-state index contributed by atoms with van der Waals surface area (Å²) in [4.78, 5) is 16.4. The summed E-state index contributed by atoms with van der Waals surface area (Å²) in [7, 11) is -3.56. The minimum absolute atomic E-state index is 0.113. The summed E-state index contributed by atoms with van der Waals surface area (Å²) in [6, 6.07) is 15.4. The van der Waals surface area contributed by atoms with Gasteiger partial charge in [-0.3, -0.25) is 4.79 Å². The van der Waals surface area contributed by atoms with E-state index < -0.39 is 10.0 Å². The Morgan fingerprint density at radius 2 is 1.74 bits per heavy atom. The number of rotatable bonds is 8. The molecule has 27 heavy (non-hydrogen) atoms. The van der Waals surface area contributed by atoms with Crippen LogP contribution in [-0.2, 0) is 16.6 Å². The van der Waals surface area contributed by atoms with Gasteiger partial charge in [0.15, 0.2) is 0 Å². The van der Waals surface area contributed by atoms with Gasteiger partial charge in [0.05, 0.1) is 11.2 Å². The number of imidazole rings is 1. The molecule has 1 heterocycles. The number of amides is 1. The predicted octanol–water partition coefficient (Wildman–Crippen LogP) is 1.64. The summed E-state index contributed by atoms with van der Waals surface area (Å²) in [5.41, 5.74) is 1.58. The van der Waals surface area contributed by atoms with E-state index in [4.69, 9.17) is 0 Å². The highest BCUT2D eigenvalue weighted by atomic mass is 32.2. The lowest BCUT2D eigenvalue weighted by molar-refractivity contribution is 0.0954. The molecule has 8 heteroatoms. The molecule has 0 bridgehead atoms. The number of sulfonamides is 1. The molecule has 2 N–H and O–H groups in total. The highest BCUT2D eigenvalue weighted by molar-refractivity contribution is 7.89. The maximum atomic E-state index is 12.2. The molecule has 0 atom stereocenters. The molecule has 1 amide bonds. The van der Waals surface area contributed by atoms with Crippen molar-refractivity contribution in [2.75, 3.05) is 13.1 Å². The first kappa shape index (κ1) is 18.8. The van der Waals surface area contributed by atoms with Gasteiger partial charge in [0.2, 0.25) is 10.0 Å². The van der Waals surface area contributed by atoms with Crippen LogP contribution in [-0.4, -0.2) is 37.0 Å². The molecular weight excluding hydrogens is 364 g/mol. The third-order valence-electron chi connectivity index (χ3n) is 3.90. The maximum Gasteiger partial charge on any atom is 0.251 e. The Kier molecular flexibility index (Phi) is 6.00. The summed E-state index contributed by atoms with van der Waals surface area (Å²) in [6.07, 6.45) is 5.32. The van der Waals surface area contributed by atoms with Crippen molar-refractivity contribution in [1.29, 1.82) is 0 Å². The number of carbonyl (C=O) groups is 1. The van der Waals surface area contributed by atoms with Gasteiger partial charge in [-0.25, -0.2) is 18.1 Å². The van der Waals surface area contributed by atoms with Crippen molar-refractivity contribution in [3.63, 3.8) is 0 Å². The molecule has 0 aliphatic carbocycles. The number of hydrogen-bond acceptors (Lipinski definition) is 4. The van der Waals surface area contributed by atoms with Gasteiger partial charge in [0.25, 0.3) is 5.91 Å². The summed E-state index contributed by atoms with van der Waals surface area (Å²) in [5.74, 6) is -0.247. The first-order valence-corrected chi connectivity index (χ1v) is 9.90. The standard InChI is InChI=1S/C19H20N4O3S/c24-19(17-8-6-16(7-9-17)14-23-13-12-20-15-23)21-10-11-22-27(25,26)18-4-2-1-3-5-18/h1-9,12-13,15,22H,10-11,14H2,(H,21,24). The van der Waals surface area contributed by atoms with Crippen LogP contribution in [0.15, 0.2) is 78.2 Å². The third kappa shape index (κ3) is 5.25. The van der Waals surface area contributed by atoms with Crippen molar-refractivity contribution in [2.45, 2.75) is 11.4 Å².